The normalized spacial score (nSPS) is 17.2. The van der Waals surface area contributed by atoms with Crippen molar-refractivity contribution in [3.8, 4) is 11.3 Å². The number of aromatic amines is 1. The number of benzene rings is 1. The molecule has 5 rings (SSSR count). The van der Waals surface area contributed by atoms with Crippen molar-refractivity contribution < 1.29 is 4.79 Å². The number of aromatic nitrogens is 3. The van der Waals surface area contributed by atoms with E-state index >= 15 is 0 Å². The number of carbonyl (C=O) groups excluding carboxylic acids is 1. The summed E-state index contributed by atoms with van der Waals surface area (Å²) in [6, 6.07) is 6.49. The van der Waals surface area contributed by atoms with E-state index in [-0.39, 0.29) is 5.91 Å². The molecule has 3 heterocycles. The second kappa shape index (κ2) is 6.25. The molecule has 1 aliphatic heterocycles. The van der Waals surface area contributed by atoms with Crippen LogP contribution in [0, 0.1) is 12.8 Å². The van der Waals surface area contributed by atoms with Crippen molar-refractivity contribution in [2.75, 3.05) is 6.54 Å². The maximum absolute atomic E-state index is 12.0. The predicted octanol–water partition coefficient (Wildman–Crippen LogP) is 4.04. The van der Waals surface area contributed by atoms with Crippen LogP contribution in [0.5, 0.6) is 0 Å². The monoisotopic (exact) mass is 362 g/mol. The first-order valence-electron chi connectivity index (χ1n) is 10.0. The third kappa shape index (κ3) is 2.68. The first-order valence-corrected chi connectivity index (χ1v) is 10.0. The average molecular weight is 362 g/mol. The zero-order valence-corrected chi connectivity index (χ0v) is 16.1. The van der Waals surface area contributed by atoms with Gasteiger partial charge in [0.25, 0.3) is 0 Å². The van der Waals surface area contributed by atoms with Crippen LogP contribution in [-0.4, -0.2) is 32.1 Å². The van der Waals surface area contributed by atoms with Crippen LogP contribution in [0.1, 0.15) is 43.0 Å². The fourth-order valence-electron chi connectivity index (χ4n) is 4.55. The number of fused-ring (bicyclic) bond motifs is 2. The van der Waals surface area contributed by atoms with Gasteiger partial charge >= 0.3 is 0 Å². The molecule has 1 aliphatic carbocycles. The largest absolute Gasteiger partial charge is 0.361 e. The summed E-state index contributed by atoms with van der Waals surface area (Å²) in [6.07, 6.45) is 6.88. The average Bonchev–Trinajstić information content (AvgIpc) is 3.24. The summed E-state index contributed by atoms with van der Waals surface area (Å²) in [5, 5.41) is 6.32. The van der Waals surface area contributed by atoms with Crippen LogP contribution >= 0.6 is 0 Å². The van der Waals surface area contributed by atoms with Gasteiger partial charge in [-0.15, -0.1) is 0 Å². The Morgan fingerprint density at radius 3 is 2.89 bits per heavy atom. The molecule has 1 N–H and O–H groups in total. The van der Waals surface area contributed by atoms with E-state index in [9.17, 15) is 4.79 Å². The van der Waals surface area contributed by atoms with Crippen molar-refractivity contribution in [2.24, 2.45) is 5.92 Å². The van der Waals surface area contributed by atoms with Crippen LogP contribution in [0.25, 0.3) is 22.2 Å². The first-order chi connectivity index (χ1) is 13.1. The van der Waals surface area contributed by atoms with Crippen molar-refractivity contribution in [3.05, 3.63) is 41.2 Å². The van der Waals surface area contributed by atoms with Gasteiger partial charge in [0.15, 0.2) is 0 Å². The molecular weight excluding hydrogens is 336 g/mol. The Bertz CT molecular complexity index is 1020. The lowest BCUT2D eigenvalue weighted by Gasteiger charge is -2.29. The molecule has 1 fully saturated rings. The number of hydrogen-bond acceptors (Lipinski definition) is 2. The third-order valence-corrected chi connectivity index (χ3v) is 6.42. The standard InChI is InChI=1S/C22H26N4O/c1-14-6-7-17(18-8-10-23-21(14)18)22-19-13-25(15(2)27)11-9-20(19)26(24-22)12-16-4-3-5-16/h6-8,10,16,23H,3-5,9,11-13H2,1-2H3. The van der Waals surface area contributed by atoms with Crippen molar-refractivity contribution in [1.29, 1.82) is 0 Å². The number of rotatable bonds is 3. The lowest BCUT2D eigenvalue weighted by Crippen LogP contribution is -2.35. The van der Waals surface area contributed by atoms with Crippen LogP contribution in [0.3, 0.4) is 0 Å². The van der Waals surface area contributed by atoms with Gasteiger partial charge in [-0.2, -0.15) is 5.10 Å². The Morgan fingerprint density at radius 1 is 1.30 bits per heavy atom. The maximum atomic E-state index is 12.0. The van der Waals surface area contributed by atoms with Crippen molar-refractivity contribution >= 4 is 16.8 Å². The van der Waals surface area contributed by atoms with Crippen molar-refractivity contribution in [1.82, 2.24) is 19.7 Å². The Labute approximate surface area is 159 Å². The lowest BCUT2D eigenvalue weighted by molar-refractivity contribution is -0.129. The van der Waals surface area contributed by atoms with Crippen LogP contribution in [-0.2, 0) is 24.3 Å². The molecule has 0 bridgehead atoms. The fourth-order valence-corrected chi connectivity index (χ4v) is 4.55. The van der Waals surface area contributed by atoms with E-state index < -0.39 is 0 Å². The van der Waals surface area contributed by atoms with Gasteiger partial charge in [-0.1, -0.05) is 18.6 Å². The highest BCUT2D eigenvalue weighted by Crippen LogP contribution is 2.36. The molecular formula is C22H26N4O. The summed E-state index contributed by atoms with van der Waals surface area (Å²) in [6.45, 7) is 6.28. The molecule has 0 unspecified atom stereocenters. The molecule has 0 radical (unpaired) electrons. The van der Waals surface area contributed by atoms with Gasteiger partial charge < -0.3 is 9.88 Å². The Kier molecular flexibility index (Phi) is 3.85. The minimum atomic E-state index is 0.147. The van der Waals surface area contributed by atoms with Crippen molar-refractivity contribution in [2.45, 2.75) is 52.6 Å². The van der Waals surface area contributed by atoms with Crippen LogP contribution in [0.4, 0.5) is 0 Å². The van der Waals surface area contributed by atoms with Crippen LogP contribution < -0.4 is 0 Å². The van der Waals surface area contributed by atoms with Crippen LogP contribution in [0.2, 0.25) is 0 Å². The topological polar surface area (TPSA) is 53.9 Å². The molecule has 5 nitrogen and oxygen atoms in total. The van der Waals surface area contributed by atoms with E-state index in [0.717, 1.165) is 31.1 Å². The van der Waals surface area contributed by atoms with E-state index in [1.54, 1.807) is 6.92 Å². The Balaban J connectivity index is 1.65. The smallest absolute Gasteiger partial charge is 0.219 e. The predicted molar refractivity (Wildman–Crippen MR) is 106 cm³/mol. The summed E-state index contributed by atoms with van der Waals surface area (Å²) >= 11 is 0. The number of nitrogens with one attached hydrogen (secondary N) is 1. The minimum absolute atomic E-state index is 0.147. The van der Waals surface area contributed by atoms with Gasteiger partial charge in [-0.25, -0.2) is 0 Å². The van der Waals surface area contributed by atoms with E-state index in [0.29, 0.717) is 6.54 Å². The summed E-state index contributed by atoms with van der Waals surface area (Å²) in [4.78, 5) is 17.3. The zero-order chi connectivity index (χ0) is 18.5. The molecule has 2 aromatic heterocycles. The number of aryl methyl sites for hydroxylation is 1. The van der Waals surface area contributed by atoms with E-state index in [2.05, 4.69) is 34.8 Å². The number of H-pyrrole nitrogens is 1. The highest BCUT2D eigenvalue weighted by molar-refractivity contribution is 5.96. The molecule has 0 spiro atoms. The quantitative estimate of drug-likeness (QED) is 0.764. The number of carbonyl (C=O) groups is 1. The molecule has 140 valence electrons. The van der Waals surface area contributed by atoms with Gasteiger partial charge in [0, 0.05) is 66.9 Å². The van der Waals surface area contributed by atoms with Crippen LogP contribution in [0.15, 0.2) is 24.4 Å². The number of hydrogen-bond donors (Lipinski definition) is 1. The molecule has 1 aromatic carbocycles. The third-order valence-electron chi connectivity index (χ3n) is 6.42. The molecule has 2 aliphatic rings. The Hall–Kier alpha value is -2.56. The second-order valence-electron chi connectivity index (χ2n) is 8.14. The molecule has 5 heteroatoms. The summed E-state index contributed by atoms with van der Waals surface area (Å²) in [7, 11) is 0. The number of nitrogens with zero attached hydrogens (tertiary/aromatic N) is 3. The lowest BCUT2D eigenvalue weighted by atomic mass is 9.85. The highest BCUT2D eigenvalue weighted by Gasteiger charge is 2.29. The molecule has 27 heavy (non-hydrogen) atoms. The van der Waals surface area contributed by atoms with Gasteiger partial charge in [0.1, 0.15) is 0 Å². The fraction of sp³-hybridized carbons (Fsp3) is 0.455. The van der Waals surface area contributed by atoms with E-state index in [1.807, 2.05) is 11.1 Å². The first kappa shape index (κ1) is 16.6. The van der Waals surface area contributed by atoms with Gasteiger partial charge in [0.2, 0.25) is 5.91 Å². The number of amides is 1. The summed E-state index contributed by atoms with van der Waals surface area (Å²) in [5.41, 5.74) is 7.22. The Morgan fingerprint density at radius 2 is 2.15 bits per heavy atom. The SMILES string of the molecule is CC(=O)N1CCc2c(c(-c3ccc(C)c4[nH]ccc34)nn2CC2CCC2)C1. The van der Waals surface area contributed by atoms with E-state index in [1.165, 1.54) is 52.5 Å². The van der Waals surface area contributed by atoms with Gasteiger partial charge in [0.05, 0.1) is 5.69 Å². The second-order valence-corrected chi connectivity index (χ2v) is 8.14. The van der Waals surface area contributed by atoms with Gasteiger partial charge in [-0.05, 0) is 37.3 Å². The molecule has 1 amide bonds. The minimum Gasteiger partial charge on any atom is -0.361 e. The summed E-state index contributed by atoms with van der Waals surface area (Å²) in [5.74, 6) is 0.909. The molecule has 0 saturated heterocycles. The van der Waals surface area contributed by atoms with E-state index in [4.69, 9.17) is 5.10 Å². The van der Waals surface area contributed by atoms with Gasteiger partial charge in [-0.3, -0.25) is 9.48 Å². The molecule has 3 aromatic rings. The van der Waals surface area contributed by atoms with Crippen molar-refractivity contribution in [3.63, 3.8) is 0 Å². The molecule has 1 saturated carbocycles. The highest BCUT2D eigenvalue weighted by atomic mass is 16.2. The zero-order valence-electron chi connectivity index (χ0n) is 16.1. The maximum Gasteiger partial charge on any atom is 0.219 e. The summed E-state index contributed by atoms with van der Waals surface area (Å²) < 4.78 is 2.25. The molecule has 0 atom stereocenters.